The Kier molecular flexibility index (Phi) is 5.87. The van der Waals surface area contributed by atoms with Crippen molar-refractivity contribution in [1.29, 1.82) is 0 Å². The molecule has 2 heteroatoms. The maximum atomic E-state index is 3.63. The van der Waals surface area contributed by atoms with Crippen molar-refractivity contribution in [2.24, 2.45) is 0 Å². The minimum atomic E-state index is 0.573. The summed E-state index contributed by atoms with van der Waals surface area (Å²) in [6.07, 6.45) is 5.10. The molecule has 1 aliphatic rings. The molecule has 0 bridgehead atoms. The summed E-state index contributed by atoms with van der Waals surface area (Å²) < 4.78 is 0. The lowest BCUT2D eigenvalue weighted by molar-refractivity contribution is 0.176. The quantitative estimate of drug-likeness (QED) is 0.806. The van der Waals surface area contributed by atoms with Gasteiger partial charge in [0.2, 0.25) is 0 Å². The molecule has 2 unspecified atom stereocenters. The zero-order chi connectivity index (χ0) is 13.5. The number of nitrogens with one attached hydrogen (secondary N) is 1. The van der Waals surface area contributed by atoms with Crippen LogP contribution in [0.25, 0.3) is 0 Å². The first-order valence-electron chi connectivity index (χ1n) is 7.87. The fourth-order valence-electron chi connectivity index (χ4n) is 3.24. The molecule has 0 saturated carbocycles. The van der Waals surface area contributed by atoms with Gasteiger partial charge in [0.25, 0.3) is 0 Å². The van der Waals surface area contributed by atoms with Crippen LogP contribution >= 0.6 is 0 Å². The second-order valence-corrected chi connectivity index (χ2v) is 5.62. The Morgan fingerprint density at radius 3 is 2.63 bits per heavy atom. The Balaban J connectivity index is 2.06. The molecule has 0 aromatic heterocycles. The predicted octanol–water partition coefficient (Wildman–Crippen LogP) is 3.60. The van der Waals surface area contributed by atoms with Gasteiger partial charge < -0.3 is 5.32 Å². The van der Waals surface area contributed by atoms with Crippen LogP contribution in [0.3, 0.4) is 0 Å². The standard InChI is InChI=1S/C17H28N2/c1-3-13-19(14-16-11-8-12-18-16)17(4-2)15-9-6-5-7-10-15/h5-7,9-10,16-18H,3-4,8,11-14H2,1-2H3. The summed E-state index contributed by atoms with van der Waals surface area (Å²) in [5.74, 6) is 0. The minimum Gasteiger partial charge on any atom is -0.313 e. The molecular weight excluding hydrogens is 232 g/mol. The largest absolute Gasteiger partial charge is 0.313 e. The van der Waals surface area contributed by atoms with Crippen LogP contribution in [0.5, 0.6) is 0 Å². The maximum absolute atomic E-state index is 3.63. The summed E-state index contributed by atoms with van der Waals surface area (Å²) in [5.41, 5.74) is 1.47. The third-order valence-electron chi connectivity index (χ3n) is 4.14. The third-order valence-corrected chi connectivity index (χ3v) is 4.14. The van der Waals surface area contributed by atoms with Crippen molar-refractivity contribution in [3.63, 3.8) is 0 Å². The molecule has 1 aliphatic heterocycles. The Hall–Kier alpha value is -0.860. The lowest BCUT2D eigenvalue weighted by Crippen LogP contribution is -2.40. The van der Waals surface area contributed by atoms with Gasteiger partial charge >= 0.3 is 0 Å². The van der Waals surface area contributed by atoms with Crippen LogP contribution in [-0.2, 0) is 0 Å². The molecule has 2 atom stereocenters. The molecule has 106 valence electrons. The lowest BCUT2D eigenvalue weighted by atomic mass is 10.0. The average molecular weight is 260 g/mol. The van der Waals surface area contributed by atoms with Crippen LogP contribution in [0.15, 0.2) is 30.3 Å². The third kappa shape index (κ3) is 4.05. The molecule has 0 amide bonds. The van der Waals surface area contributed by atoms with Gasteiger partial charge in [0.15, 0.2) is 0 Å². The number of hydrogen-bond acceptors (Lipinski definition) is 2. The zero-order valence-corrected chi connectivity index (χ0v) is 12.4. The van der Waals surface area contributed by atoms with Crippen molar-refractivity contribution < 1.29 is 0 Å². The highest BCUT2D eigenvalue weighted by molar-refractivity contribution is 5.19. The van der Waals surface area contributed by atoms with Crippen molar-refractivity contribution in [2.45, 2.75) is 51.6 Å². The number of hydrogen-bond donors (Lipinski definition) is 1. The van der Waals surface area contributed by atoms with E-state index in [0.717, 1.165) is 0 Å². The Morgan fingerprint density at radius 1 is 1.26 bits per heavy atom. The summed E-state index contributed by atoms with van der Waals surface area (Å²) in [4.78, 5) is 2.68. The van der Waals surface area contributed by atoms with Crippen LogP contribution in [-0.4, -0.2) is 30.6 Å². The molecule has 19 heavy (non-hydrogen) atoms. The van der Waals surface area contributed by atoms with Crippen molar-refractivity contribution in [3.05, 3.63) is 35.9 Å². The van der Waals surface area contributed by atoms with Crippen molar-refractivity contribution in [1.82, 2.24) is 10.2 Å². The second kappa shape index (κ2) is 7.66. The fourth-order valence-corrected chi connectivity index (χ4v) is 3.24. The maximum Gasteiger partial charge on any atom is 0.0346 e. The molecule has 0 spiro atoms. The van der Waals surface area contributed by atoms with Crippen LogP contribution < -0.4 is 5.32 Å². The van der Waals surface area contributed by atoms with Gasteiger partial charge in [-0.1, -0.05) is 44.2 Å². The van der Waals surface area contributed by atoms with Gasteiger partial charge in [0.1, 0.15) is 0 Å². The van der Waals surface area contributed by atoms with E-state index in [9.17, 15) is 0 Å². The molecule has 0 radical (unpaired) electrons. The first kappa shape index (κ1) is 14.5. The van der Waals surface area contributed by atoms with Gasteiger partial charge in [-0.2, -0.15) is 0 Å². The molecule has 1 N–H and O–H groups in total. The second-order valence-electron chi connectivity index (χ2n) is 5.62. The molecular formula is C17H28N2. The van der Waals surface area contributed by atoms with Crippen LogP contribution in [0.4, 0.5) is 0 Å². The van der Waals surface area contributed by atoms with Crippen molar-refractivity contribution >= 4 is 0 Å². The zero-order valence-electron chi connectivity index (χ0n) is 12.4. The number of nitrogens with zero attached hydrogens (tertiary/aromatic N) is 1. The SMILES string of the molecule is CCCN(CC1CCCN1)C(CC)c1ccccc1. The summed E-state index contributed by atoms with van der Waals surface area (Å²) in [5, 5.41) is 3.63. The van der Waals surface area contributed by atoms with Gasteiger partial charge in [0, 0.05) is 18.6 Å². The molecule has 1 heterocycles. The highest BCUT2D eigenvalue weighted by atomic mass is 15.2. The average Bonchev–Trinajstić information content (AvgIpc) is 2.94. The lowest BCUT2D eigenvalue weighted by Gasteiger charge is -2.33. The van der Waals surface area contributed by atoms with Crippen LogP contribution in [0.2, 0.25) is 0 Å². The topological polar surface area (TPSA) is 15.3 Å². The normalized spacial score (nSPS) is 20.9. The summed E-state index contributed by atoms with van der Waals surface area (Å²) in [6, 6.07) is 12.3. The van der Waals surface area contributed by atoms with E-state index in [1.54, 1.807) is 0 Å². The van der Waals surface area contributed by atoms with E-state index in [1.165, 1.54) is 50.9 Å². The molecule has 1 fully saturated rings. The Bertz CT molecular complexity index is 344. The van der Waals surface area contributed by atoms with Gasteiger partial charge in [-0.05, 0) is 44.3 Å². The summed E-state index contributed by atoms with van der Waals surface area (Å²) in [7, 11) is 0. The number of rotatable bonds is 7. The van der Waals surface area contributed by atoms with E-state index in [1.807, 2.05) is 0 Å². The molecule has 2 nitrogen and oxygen atoms in total. The van der Waals surface area contributed by atoms with Crippen molar-refractivity contribution in [2.75, 3.05) is 19.6 Å². The molecule has 1 aromatic carbocycles. The highest BCUT2D eigenvalue weighted by Crippen LogP contribution is 2.25. The van der Waals surface area contributed by atoms with E-state index < -0.39 is 0 Å². The van der Waals surface area contributed by atoms with Gasteiger partial charge in [-0.15, -0.1) is 0 Å². The van der Waals surface area contributed by atoms with E-state index in [4.69, 9.17) is 0 Å². The number of benzene rings is 1. The summed E-state index contributed by atoms with van der Waals surface area (Å²) in [6.45, 7) is 8.19. The molecule has 1 aromatic rings. The predicted molar refractivity (Wildman–Crippen MR) is 82.4 cm³/mol. The van der Waals surface area contributed by atoms with Crippen LogP contribution in [0.1, 0.15) is 51.1 Å². The Labute approximate surface area is 118 Å². The van der Waals surface area contributed by atoms with E-state index in [-0.39, 0.29) is 0 Å². The highest BCUT2D eigenvalue weighted by Gasteiger charge is 2.23. The molecule has 2 rings (SSSR count). The van der Waals surface area contributed by atoms with Gasteiger partial charge in [-0.25, -0.2) is 0 Å². The molecule has 0 aliphatic carbocycles. The van der Waals surface area contributed by atoms with E-state index >= 15 is 0 Å². The first-order chi connectivity index (χ1) is 9.35. The summed E-state index contributed by atoms with van der Waals surface area (Å²) >= 11 is 0. The minimum absolute atomic E-state index is 0.573. The monoisotopic (exact) mass is 260 g/mol. The fraction of sp³-hybridized carbons (Fsp3) is 0.647. The van der Waals surface area contributed by atoms with E-state index in [2.05, 4.69) is 54.4 Å². The van der Waals surface area contributed by atoms with Gasteiger partial charge in [0.05, 0.1) is 0 Å². The Morgan fingerprint density at radius 2 is 2.05 bits per heavy atom. The van der Waals surface area contributed by atoms with Gasteiger partial charge in [-0.3, -0.25) is 4.90 Å². The molecule has 1 saturated heterocycles. The van der Waals surface area contributed by atoms with E-state index in [0.29, 0.717) is 12.1 Å². The van der Waals surface area contributed by atoms with Crippen LogP contribution in [0, 0.1) is 0 Å². The van der Waals surface area contributed by atoms with Crippen molar-refractivity contribution in [3.8, 4) is 0 Å². The smallest absolute Gasteiger partial charge is 0.0346 e. The first-order valence-corrected chi connectivity index (χ1v) is 7.87.